The summed E-state index contributed by atoms with van der Waals surface area (Å²) < 4.78 is 3.91. The summed E-state index contributed by atoms with van der Waals surface area (Å²) in [6.45, 7) is 0.406. The third-order valence-corrected chi connectivity index (χ3v) is 4.31. The summed E-state index contributed by atoms with van der Waals surface area (Å²) in [5.41, 5.74) is 7.93. The Balaban J connectivity index is 1.67. The Bertz CT molecular complexity index is 702. The van der Waals surface area contributed by atoms with Crippen LogP contribution >= 0.6 is 11.8 Å². The molecule has 0 radical (unpaired) electrons. The van der Waals surface area contributed by atoms with Crippen LogP contribution in [0, 0.1) is 0 Å². The van der Waals surface area contributed by atoms with Crippen LogP contribution in [0.5, 0.6) is 0 Å². The number of nitrogens with zero attached hydrogens (tertiary/aromatic N) is 5. The van der Waals surface area contributed by atoms with Crippen molar-refractivity contribution in [2.75, 3.05) is 0 Å². The Kier molecular flexibility index (Phi) is 4.03. The first-order valence-corrected chi connectivity index (χ1v) is 7.55. The standard InChI is InChI=1S/C14H16N6S/c1-19-13(8-15)17-18-14(19)21-9-11-2-4-12(5-3-11)20-7-6-16-10-20/h2-7,10H,8-9,15H2,1H3. The molecule has 3 rings (SSSR count). The van der Waals surface area contributed by atoms with Crippen molar-refractivity contribution in [3.05, 3.63) is 54.4 Å². The lowest BCUT2D eigenvalue weighted by molar-refractivity contribution is 0.734. The molecule has 0 saturated carbocycles. The van der Waals surface area contributed by atoms with Crippen molar-refractivity contribution in [2.45, 2.75) is 17.5 Å². The highest BCUT2D eigenvalue weighted by Gasteiger charge is 2.07. The van der Waals surface area contributed by atoms with E-state index in [0.29, 0.717) is 6.54 Å². The second-order valence-electron chi connectivity index (χ2n) is 4.59. The maximum Gasteiger partial charge on any atom is 0.191 e. The van der Waals surface area contributed by atoms with Crippen molar-refractivity contribution in [3.8, 4) is 5.69 Å². The zero-order valence-corrected chi connectivity index (χ0v) is 12.5. The summed E-state index contributed by atoms with van der Waals surface area (Å²) in [5, 5.41) is 9.08. The number of thioether (sulfide) groups is 1. The number of hydrogen-bond acceptors (Lipinski definition) is 5. The maximum absolute atomic E-state index is 5.59. The Morgan fingerprint density at radius 3 is 2.62 bits per heavy atom. The molecule has 108 valence electrons. The zero-order chi connectivity index (χ0) is 14.7. The average Bonchev–Trinajstić information content (AvgIpc) is 3.16. The number of rotatable bonds is 5. The van der Waals surface area contributed by atoms with E-state index in [1.54, 1.807) is 24.3 Å². The van der Waals surface area contributed by atoms with Crippen molar-refractivity contribution >= 4 is 11.8 Å². The van der Waals surface area contributed by atoms with Crippen LogP contribution in [0.15, 0.2) is 48.1 Å². The van der Waals surface area contributed by atoms with Crippen molar-refractivity contribution in [1.29, 1.82) is 0 Å². The van der Waals surface area contributed by atoms with Crippen molar-refractivity contribution in [3.63, 3.8) is 0 Å². The molecular weight excluding hydrogens is 284 g/mol. The topological polar surface area (TPSA) is 74.6 Å². The highest BCUT2D eigenvalue weighted by Crippen LogP contribution is 2.21. The third-order valence-electron chi connectivity index (χ3n) is 3.21. The van der Waals surface area contributed by atoms with Gasteiger partial charge in [-0.15, -0.1) is 10.2 Å². The highest BCUT2D eigenvalue weighted by molar-refractivity contribution is 7.98. The molecular formula is C14H16N6S. The molecule has 2 N–H and O–H groups in total. The molecule has 0 amide bonds. The molecule has 3 aromatic rings. The van der Waals surface area contributed by atoms with Gasteiger partial charge >= 0.3 is 0 Å². The number of nitrogens with two attached hydrogens (primary N) is 1. The van der Waals surface area contributed by atoms with Gasteiger partial charge in [0, 0.05) is 30.9 Å². The average molecular weight is 300 g/mol. The minimum Gasteiger partial charge on any atom is -0.324 e. The van der Waals surface area contributed by atoms with Crippen molar-refractivity contribution in [2.24, 2.45) is 12.8 Å². The summed E-state index contributed by atoms with van der Waals surface area (Å²) >= 11 is 1.65. The third kappa shape index (κ3) is 2.98. The van der Waals surface area contributed by atoms with Gasteiger partial charge in [-0.1, -0.05) is 23.9 Å². The molecule has 2 heterocycles. The van der Waals surface area contributed by atoms with Crippen LogP contribution in [0.3, 0.4) is 0 Å². The lowest BCUT2D eigenvalue weighted by Crippen LogP contribution is -2.05. The molecule has 0 saturated heterocycles. The molecule has 0 spiro atoms. The van der Waals surface area contributed by atoms with Crippen molar-refractivity contribution in [1.82, 2.24) is 24.3 Å². The number of hydrogen-bond donors (Lipinski definition) is 1. The molecule has 7 heteroatoms. The Hall–Kier alpha value is -2.12. The second kappa shape index (κ2) is 6.11. The van der Waals surface area contributed by atoms with Gasteiger partial charge in [0.25, 0.3) is 0 Å². The lowest BCUT2D eigenvalue weighted by atomic mass is 10.2. The van der Waals surface area contributed by atoms with Crippen LogP contribution < -0.4 is 5.73 Å². The van der Waals surface area contributed by atoms with E-state index in [2.05, 4.69) is 39.4 Å². The summed E-state index contributed by atoms with van der Waals surface area (Å²) in [4.78, 5) is 4.05. The van der Waals surface area contributed by atoms with E-state index in [0.717, 1.165) is 22.4 Å². The fourth-order valence-electron chi connectivity index (χ4n) is 1.97. The van der Waals surface area contributed by atoms with Gasteiger partial charge in [0.1, 0.15) is 5.82 Å². The van der Waals surface area contributed by atoms with Crippen molar-refractivity contribution < 1.29 is 0 Å². The van der Waals surface area contributed by atoms with Gasteiger partial charge in [0.2, 0.25) is 0 Å². The summed E-state index contributed by atoms with van der Waals surface area (Å²) in [5.74, 6) is 1.65. The molecule has 21 heavy (non-hydrogen) atoms. The first-order chi connectivity index (χ1) is 10.3. The molecule has 0 aliphatic rings. The summed E-state index contributed by atoms with van der Waals surface area (Å²) in [6.07, 6.45) is 5.49. The van der Waals surface area contributed by atoms with Gasteiger partial charge < -0.3 is 14.9 Å². The minimum absolute atomic E-state index is 0.406. The number of aromatic nitrogens is 5. The SMILES string of the molecule is Cn1c(CN)nnc1SCc1ccc(-n2ccnc2)cc1. The predicted molar refractivity (Wildman–Crippen MR) is 82.0 cm³/mol. The van der Waals surface area contributed by atoms with E-state index in [1.807, 2.05) is 22.4 Å². The van der Waals surface area contributed by atoms with E-state index in [9.17, 15) is 0 Å². The first-order valence-electron chi connectivity index (χ1n) is 6.56. The molecule has 0 unspecified atom stereocenters. The Labute approximate surface area is 127 Å². The Morgan fingerprint density at radius 2 is 2.00 bits per heavy atom. The van der Waals surface area contributed by atoms with Gasteiger partial charge in [0.15, 0.2) is 5.16 Å². The monoisotopic (exact) mass is 300 g/mol. The molecule has 0 aliphatic carbocycles. The van der Waals surface area contributed by atoms with E-state index in [1.165, 1.54) is 5.56 Å². The van der Waals surface area contributed by atoms with E-state index in [-0.39, 0.29) is 0 Å². The lowest BCUT2D eigenvalue weighted by Gasteiger charge is -2.05. The number of imidazole rings is 1. The van der Waals surface area contributed by atoms with Gasteiger partial charge in [0.05, 0.1) is 12.9 Å². The molecule has 6 nitrogen and oxygen atoms in total. The predicted octanol–water partition coefficient (Wildman–Crippen LogP) is 1.75. The van der Waals surface area contributed by atoms with Gasteiger partial charge in [-0.25, -0.2) is 4.98 Å². The van der Waals surface area contributed by atoms with Crippen LogP contribution in [0.1, 0.15) is 11.4 Å². The summed E-state index contributed by atoms with van der Waals surface area (Å²) in [6, 6.07) is 8.39. The molecule has 0 atom stereocenters. The van der Waals surface area contributed by atoms with Gasteiger partial charge in [-0.05, 0) is 17.7 Å². The fraction of sp³-hybridized carbons (Fsp3) is 0.214. The molecule has 2 aromatic heterocycles. The highest BCUT2D eigenvalue weighted by atomic mass is 32.2. The smallest absolute Gasteiger partial charge is 0.191 e. The molecule has 0 fully saturated rings. The van der Waals surface area contributed by atoms with Crippen LogP contribution in [-0.4, -0.2) is 24.3 Å². The fourth-order valence-corrected chi connectivity index (χ4v) is 2.86. The second-order valence-corrected chi connectivity index (χ2v) is 5.53. The van der Waals surface area contributed by atoms with E-state index in [4.69, 9.17) is 5.73 Å². The maximum atomic E-state index is 5.59. The van der Waals surface area contributed by atoms with Crippen LogP contribution in [0.2, 0.25) is 0 Å². The van der Waals surface area contributed by atoms with E-state index < -0.39 is 0 Å². The molecule has 1 aromatic carbocycles. The Morgan fingerprint density at radius 1 is 1.19 bits per heavy atom. The number of benzene rings is 1. The molecule has 0 bridgehead atoms. The normalized spacial score (nSPS) is 11.0. The van der Waals surface area contributed by atoms with E-state index >= 15 is 0 Å². The largest absolute Gasteiger partial charge is 0.324 e. The first kappa shape index (κ1) is 13.8. The van der Waals surface area contributed by atoms with Gasteiger partial charge in [-0.2, -0.15) is 0 Å². The van der Waals surface area contributed by atoms with Crippen LogP contribution in [0.4, 0.5) is 0 Å². The molecule has 0 aliphatic heterocycles. The van der Waals surface area contributed by atoms with Gasteiger partial charge in [-0.3, -0.25) is 0 Å². The van der Waals surface area contributed by atoms with Crippen LogP contribution in [-0.2, 0) is 19.3 Å². The summed E-state index contributed by atoms with van der Waals surface area (Å²) in [7, 11) is 1.94. The van der Waals surface area contributed by atoms with Crippen LogP contribution in [0.25, 0.3) is 5.69 Å². The minimum atomic E-state index is 0.406. The quantitative estimate of drug-likeness (QED) is 0.727. The zero-order valence-electron chi connectivity index (χ0n) is 11.7.